The summed E-state index contributed by atoms with van der Waals surface area (Å²) < 4.78 is 43.0. The van der Waals surface area contributed by atoms with Crippen LogP contribution in [-0.4, -0.2) is 30.0 Å². The van der Waals surface area contributed by atoms with Crippen molar-refractivity contribution in [1.82, 2.24) is 0 Å². The van der Waals surface area contributed by atoms with E-state index in [1.165, 1.54) is 0 Å². The van der Waals surface area contributed by atoms with E-state index >= 15 is 0 Å². The number of hydrogen-bond donors (Lipinski definition) is 1. The third-order valence-electron chi connectivity index (χ3n) is 3.61. The van der Waals surface area contributed by atoms with E-state index in [2.05, 4.69) is 0 Å². The quantitative estimate of drug-likeness (QED) is 0.760. The summed E-state index contributed by atoms with van der Waals surface area (Å²) in [5, 5.41) is 8.95. The lowest BCUT2D eigenvalue weighted by molar-refractivity contribution is -0.200. The highest BCUT2D eigenvalue weighted by Gasteiger charge is 2.52. The zero-order chi connectivity index (χ0) is 11.9. The predicted octanol–water partition coefficient (Wildman–Crippen LogP) is 2.06. The van der Waals surface area contributed by atoms with Crippen molar-refractivity contribution in [2.75, 3.05) is 6.61 Å². The van der Waals surface area contributed by atoms with Crippen LogP contribution >= 0.6 is 0 Å². The number of carbonyl (C=O) groups is 1. The van der Waals surface area contributed by atoms with Gasteiger partial charge in [-0.25, -0.2) is 0 Å². The van der Waals surface area contributed by atoms with Gasteiger partial charge in [-0.05, 0) is 19.3 Å². The van der Waals surface area contributed by atoms with Crippen molar-refractivity contribution in [3.8, 4) is 0 Å². The lowest BCUT2D eigenvalue weighted by Gasteiger charge is -2.36. The molecule has 0 radical (unpaired) electrons. The van der Waals surface area contributed by atoms with E-state index in [1.54, 1.807) is 0 Å². The summed E-state index contributed by atoms with van der Waals surface area (Å²) in [5.74, 6) is -3.81. The van der Waals surface area contributed by atoms with Crippen molar-refractivity contribution in [2.24, 2.45) is 17.8 Å². The van der Waals surface area contributed by atoms with Gasteiger partial charge in [0, 0.05) is 12.5 Å². The van der Waals surface area contributed by atoms with Crippen molar-refractivity contribution >= 4 is 5.97 Å². The Labute approximate surface area is 90.6 Å². The van der Waals surface area contributed by atoms with Gasteiger partial charge in [0.25, 0.3) is 0 Å². The summed E-state index contributed by atoms with van der Waals surface area (Å²) in [6, 6.07) is 0. The number of carboxylic acids is 1. The molecule has 16 heavy (non-hydrogen) atoms. The minimum Gasteiger partial charge on any atom is -0.481 e. The average molecular weight is 238 g/mol. The Balaban J connectivity index is 2.16. The second kappa shape index (κ2) is 3.91. The summed E-state index contributed by atoms with van der Waals surface area (Å²) in [6.45, 7) is 0.379. The van der Waals surface area contributed by atoms with E-state index in [1.807, 2.05) is 0 Å². The highest BCUT2D eigenvalue weighted by Crippen LogP contribution is 2.46. The molecule has 2 rings (SSSR count). The highest BCUT2D eigenvalue weighted by atomic mass is 19.4. The predicted molar refractivity (Wildman–Crippen MR) is 47.8 cm³/mol. The molecule has 6 heteroatoms. The molecule has 1 aliphatic heterocycles. The molecule has 1 saturated carbocycles. The average Bonchev–Trinajstić information content (AvgIpc) is 2.61. The molecule has 0 unspecified atom stereocenters. The molecule has 1 N–H and O–H groups in total. The monoisotopic (exact) mass is 238 g/mol. The lowest BCUT2D eigenvalue weighted by atomic mass is 9.72. The normalized spacial score (nSPS) is 39.4. The smallest absolute Gasteiger partial charge is 0.391 e. The van der Waals surface area contributed by atoms with Crippen molar-refractivity contribution in [1.29, 1.82) is 0 Å². The van der Waals surface area contributed by atoms with Crippen LogP contribution < -0.4 is 0 Å². The molecular formula is C10H13F3O3. The summed E-state index contributed by atoms with van der Waals surface area (Å²) in [7, 11) is 0. The largest absolute Gasteiger partial charge is 0.481 e. The first-order valence-electron chi connectivity index (χ1n) is 5.30. The van der Waals surface area contributed by atoms with Crippen LogP contribution in [-0.2, 0) is 9.53 Å². The molecule has 4 atom stereocenters. The molecule has 2 fully saturated rings. The van der Waals surface area contributed by atoms with Gasteiger partial charge in [0.05, 0.1) is 17.9 Å². The number of halogens is 3. The van der Waals surface area contributed by atoms with Crippen molar-refractivity contribution < 1.29 is 27.8 Å². The van der Waals surface area contributed by atoms with Gasteiger partial charge in [0.15, 0.2) is 0 Å². The molecular weight excluding hydrogens is 225 g/mol. The Morgan fingerprint density at radius 2 is 2.00 bits per heavy atom. The number of hydrogen-bond acceptors (Lipinski definition) is 2. The van der Waals surface area contributed by atoms with Crippen LogP contribution in [0.5, 0.6) is 0 Å². The first-order valence-corrected chi connectivity index (χ1v) is 5.30. The molecule has 0 aromatic heterocycles. The molecule has 2 aliphatic rings. The van der Waals surface area contributed by atoms with Gasteiger partial charge in [-0.15, -0.1) is 0 Å². The zero-order valence-electron chi connectivity index (χ0n) is 8.54. The number of alkyl halides is 3. The summed E-state index contributed by atoms with van der Waals surface area (Å²) in [5.41, 5.74) is 0. The molecule has 1 heterocycles. The Morgan fingerprint density at radius 3 is 2.56 bits per heavy atom. The maximum absolute atomic E-state index is 12.6. The van der Waals surface area contributed by atoms with E-state index in [0.29, 0.717) is 13.0 Å². The SMILES string of the molecule is O=C(O)[C@H]1C[C@H](C(F)(F)F)C[C@@H]2OCC[C@@H]21. The maximum Gasteiger partial charge on any atom is 0.391 e. The number of aliphatic carboxylic acids is 1. The topological polar surface area (TPSA) is 46.5 Å². The Morgan fingerprint density at radius 1 is 1.31 bits per heavy atom. The Kier molecular flexibility index (Phi) is 2.86. The third-order valence-corrected chi connectivity index (χ3v) is 3.61. The summed E-state index contributed by atoms with van der Waals surface area (Å²) in [6.07, 6.45) is -4.67. The summed E-state index contributed by atoms with van der Waals surface area (Å²) in [4.78, 5) is 10.9. The molecule has 0 aromatic carbocycles. The standard InChI is InChI=1S/C10H13F3O3/c11-10(12,13)5-3-7(9(14)15)6-1-2-16-8(6)4-5/h5-8H,1-4H2,(H,14,15)/t5-,6+,7-,8-/m0/s1. The molecule has 0 aromatic rings. The van der Waals surface area contributed by atoms with E-state index in [0.717, 1.165) is 0 Å². The van der Waals surface area contributed by atoms with E-state index in [4.69, 9.17) is 9.84 Å². The Bertz CT molecular complexity index is 290. The van der Waals surface area contributed by atoms with E-state index in [-0.39, 0.29) is 18.8 Å². The zero-order valence-corrected chi connectivity index (χ0v) is 8.54. The van der Waals surface area contributed by atoms with Gasteiger partial charge in [-0.2, -0.15) is 13.2 Å². The van der Waals surface area contributed by atoms with Crippen LogP contribution in [0.1, 0.15) is 19.3 Å². The van der Waals surface area contributed by atoms with Crippen LogP contribution in [0.25, 0.3) is 0 Å². The molecule has 0 spiro atoms. The highest BCUT2D eigenvalue weighted by molar-refractivity contribution is 5.70. The van der Waals surface area contributed by atoms with Crippen LogP contribution in [0.3, 0.4) is 0 Å². The minimum absolute atomic E-state index is 0.0854. The lowest BCUT2D eigenvalue weighted by Crippen LogP contribution is -2.42. The van der Waals surface area contributed by atoms with E-state index < -0.39 is 30.1 Å². The fraction of sp³-hybridized carbons (Fsp3) is 0.900. The number of carboxylic acid groups (broad SMARTS) is 1. The summed E-state index contributed by atoms with van der Waals surface area (Å²) >= 11 is 0. The minimum atomic E-state index is -4.31. The molecule has 1 aliphatic carbocycles. The third kappa shape index (κ3) is 2.03. The van der Waals surface area contributed by atoms with Crippen molar-refractivity contribution in [2.45, 2.75) is 31.5 Å². The number of ether oxygens (including phenoxy) is 1. The molecule has 0 amide bonds. The fourth-order valence-electron chi connectivity index (χ4n) is 2.78. The first-order chi connectivity index (χ1) is 7.39. The number of rotatable bonds is 1. The van der Waals surface area contributed by atoms with Gasteiger partial charge in [0.1, 0.15) is 0 Å². The Hall–Kier alpha value is -0.780. The first kappa shape index (κ1) is 11.7. The van der Waals surface area contributed by atoms with Gasteiger partial charge in [0.2, 0.25) is 0 Å². The van der Waals surface area contributed by atoms with Crippen molar-refractivity contribution in [3.63, 3.8) is 0 Å². The van der Waals surface area contributed by atoms with Gasteiger partial charge in [-0.1, -0.05) is 0 Å². The molecule has 1 saturated heterocycles. The second-order valence-corrected chi connectivity index (χ2v) is 4.52. The number of fused-ring (bicyclic) bond motifs is 1. The van der Waals surface area contributed by atoms with Crippen LogP contribution in [0, 0.1) is 17.8 Å². The van der Waals surface area contributed by atoms with E-state index in [9.17, 15) is 18.0 Å². The second-order valence-electron chi connectivity index (χ2n) is 4.52. The molecule has 92 valence electrons. The van der Waals surface area contributed by atoms with Crippen molar-refractivity contribution in [3.05, 3.63) is 0 Å². The van der Waals surface area contributed by atoms with Crippen LogP contribution in [0.15, 0.2) is 0 Å². The van der Waals surface area contributed by atoms with Gasteiger partial charge >= 0.3 is 12.1 Å². The maximum atomic E-state index is 12.6. The van der Waals surface area contributed by atoms with Gasteiger partial charge in [-0.3, -0.25) is 4.79 Å². The van der Waals surface area contributed by atoms with Gasteiger partial charge < -0.3 is 9.84 Å². The van der Waals surface area contributed by atoms with Crippen LogP contribution in [0.4, 0.5) is 13.2 Å². The molecule has 0 bridgehead atoms. The molecule has 3 nitrogen and oxygen atoms in total. The fourth-order valence-corrected chi connectivity index (χ4v) is 2.78. The van der Waals surface area contributed by atoms with Crippen LogP contribution in [0.2, 0.25) is 0 Å².